The van der Waals surface area contributed by atoms with Gasteiger partial charge in [-0.3, -0.25) is 9.59 Å². The summed E-state index contributed by atoms with van der Waals surface area (Å²) in [6.07, 6.45) is 20.1. The summed E-state index contributed by atoms with van der Waals surface area (Å²) >= 11 is 0. The first-order valence-corrected chi connectivity index (χ1v) is 15.0. The molecule has 0 fully saturated rings. The Morgan fingerprint density at radius 1 is 0.486 bits per heavy atom. The van der Waals surface area contributed by atoms with Gasteiger partial charge in [-0.15, -0.1) is 0 Å². The van der Waals surface area contributed by atoms with Crippen LogP contribution in [-0.2, 0) is 19.1 Å². The minimum Gasteiger partial charge on any atom is -0.465 e. The molecule has 1 unspecified atom stereocenters. The lowest BCUT2D eigenvalue weighted by atomic mass is 9.86. The van der Waals surface area contributed by atoms with Gasteiger partial charge in [-0.05, 0) is 36.5 Å². The summed E-state index contributed by atoms with van der Waals surface area (Å²) in [5, 5.41) is 0. The van der Waals surface area contributed by atoms with Crippen LogP contribution in [0.5, 0.6) is 0 Å². The Morgan fingerprint density at radius 3 is 1.26 bits per heavy atom. The van der Waals surface area contributed by atoms with Gasteiger partial charge in [0.05, 0.1) is 13.2 Å². The first kappa shape index (κ1) is 33.9. The Morgan fingerprint density at radius 2 is 0.857 bits per heavy atom. The Hall–Kier alpha value is -1.06. The molecule has 1 atom stereocenters. The molecule has 0 radical (unpaired) electrons. The quantitative estimate of drug-likeness (QED) is 0.0986. The van der Waals surface area contributed by atoms with Crippen LogP contribution in [0.15, 0.2) is 0 Å². The van der Waals surface area contributed by atoms with Crippen molar-refractivity contribution in [3.63, 3.8) is 0 Å². The highest BCUT2D eigenvalue weighted by Crippen LogP contribution is 2.24. The van der Waals surface area contributed by atoms with Crippen LogP contribution < -0.4 is 0 Å². The van der Waals surface area contributed by atoms with Crippen molar-refractivity contribution in [1.82, 2.24) is 0 Å². The largest absolute Gasteiger partial charge is 0.465 e. The molecule has 0 rings (SSSR count). The van der Waals surface area contributed by atoms with Crippen LogP contribution in [0.4, 0.5) is 0 Å². The van der Waals surface area contributed by atoms with Gasteiger partial charge in [0.25, 0.3) is 0 Å². The number of hydrogen-bond donors (Lipinski definition) is 0. The fourth-order valence-electron chi connectivity index (χ4n) is 4.40. The van der Waals surface area contributed by atoms with E-state index in [1.54, 1.807) is 0 Å². The Balaban J connectivity index is 3.48. The van der Waals surface area contributed by atoms with Gasteiger partial charge in [-0.2, -0.15) is 0 Å². The van der Waals surface area contributed by atoms with Crippen molar-refractivity contribution in [2.75, 3.05) is 13.2 Å². The number of hydrogen-bond acceptors (Lipinski definition) is 4. The van der Waals surface area contributed by atoms with Gasteiger partial charge in [-0.1, -0.05) is 125 Å². The van der Waals surface area contributed by atoms with Crippen LogP contribution in [0.2, 0.25) is 0 Å². The van der Waals surface area contributed by atoms with Gasteiger partial charge in [0.2, 0.25) is 0 Å². The number of rotatable bonds is 24. The standard InChI is InChI=1S/C31H60O4/c1-26(2)24-34-30(32)21-19-17-15-13-11-9-7-8-10-12-14-16-18-20-29(28(5)6)22-23-31(33)35-25-27(3)4/h26-29H,7-25H2,1-6H3. The van der Waals surface area contributed by atoms with E-state index in [4.69, 9.17) is 9.47 Å². The number of carbonyl (C=O) groups excluding carboxylic acids is 2. The molecule has 0 aromatic rings. The predicted molar refractivity (Wildman–Crippen MR) is 148 cm³/mol. The zero-order valence-electron chi connectivity index (χ0n) is 24.4. The lowest BCUT2D eigenvalue weighted by molar-refractivity contribution is -0.145. The molecule has 0 bridgehead atoms. The molecule has 0 aliphatic rings. The zero-order chi connectivity index (χ0) is 26.3. The Bertz CT molecular complexity index is 498. The third-order valence-corrected chi connectivity index (χ3v) is 6.77. The van der Waals surface area contributed by atoms with Crippen LogP contribution in [0.25, 0.3) is 0 Å². The summed E-state index contributed by atoms with van der Waals surface area (Å²) in [7, 11) is 0. The molecule has 208 valence electrons. The normalized spacial score (nSPS) is 12.5. The van der Waals surface area contributed by atoms with Crippen molar-refractivity contribution < 1.29 is 19.1 Å². The molecule has 4 nitrogen and oxygen atoms in total. The van der Waals surface area contributed by atoms with E-state index in [0.717, 1.165) is 19.3 Å². The van der Waals surface area contributed by atoms with E-state index in [1.165, 1.54) is 77.0 Å². The Labute approximate surface area is 218 Å². The van der Waals surface area contributed by atoms with Crippen LogP contribution >= 0.6 is 0 Å². The highest BCUT2D eigenvalue weighted by molar-refractivity contribution is 5.69. The monoisotopic (exact) mass is 496 g/mol. The topological polar surface area (TPSA) is 52.6 Å². The minimum atomic E-state index is -0.0300. The van der Waals surface area contributed by atoms with Crippen LogP contribution in [0.1, 0.15) is 151 Å². The molecule has 0 aliphatic heterocycles. The van der Waals surface area contributed by atoms with Crippen molar-refractivity contribution in [3.8, 4) is 0 Å². The predicted octanol–water partition coefficient (Wildman–Crippen LogP) is 9.29. The second-order valence-corrected chi connectivity index (χ2v) is 11.8. The second-order valence-electron chi connectivity index (χ2n) is 11.8. The molecule has 0 N–H and O–H groups in total. The molecule has 0 saturated carbocycles. The minimum absolute atomic E-state index is 0.0246. The van der Waals surface area contributed by atoms with E-state index < -0.39 is 0 Å². The summed E-state index contributed by atoms with van der Waals surface area (Å²) in [5.41, 5.74) is 0. The summed E-state index contributed by atoms with van der Waals surface area (Å²) < 4.78 is 10.5. The molecule has 0 aromatic carbocycles. The van der Waals surface area contributed by atoms with E-state index in [-0.39, 0.29) is 11.9 Å². The van der Waals surface area contributed by atoms with E-state index in [1.807, 2.05) is 0 Å². The van der Waals surface area contributed by atoms with Crippen molar-refractivity contribution in [2.24, 2.45) is 23.7 Å². The second kappa shape index (κ2) is 23.3. The molecular weight excluding hydrogens is 436 g/mol. The van der Waals surface area contributed by atoms with Crippen molar-refractivity contribution in [1.29, 1.82) is 0 Å². The fraction of sp³-hybridized carbons (Fsp3) is 0.935. The summed E-state index contributed by atoms with van der Waals surface area (Å²) in [6.45, 7) is 14.0. The number of unbranched alkanes of at least 4 members (excludes halogenated alkanes) is 12. The molecule has 0 spiro atoms. The lowest BCUT2D eigenvalue weighted by Crippen LogP contribution is -2.14. The first-order chi connectivity index (χ1) is 16.7. The van der Waals surface area contributed by atoms with E-state index in [9.17, 15) is 9.59 Å². The van der Waals surface area contributed by atoms with Crippen LogP contribution in [0.3, 0.4) is 0 Å². The zero-order valence-corrected chi connectivity index (χ0v) is 24.4. The molecule has 0 amide bonds. The van der Waals surface area contributed by atoms with Gasteiger partial charge in [-0.25, -0.2) is 0 Å². The highest BCUT2D eigenvalue weighted by Gasteiger charge is 2.15. The van der Waals surface area contributed by atoms with Gasteiger partial charge < -0.3 is 9.47 Å². The molecule has 0 heterocycles. The SMILES string of the molecule is CC(C)COC(=O)CCCCCCCCCCCCCCCC(CCC(=O)OCC(C)C)C(C)C. The summed E-state index contributed by atoms with van der Waals surface area (Å²) in [6, 6.07) is 0. The Kier molecular flexibility index (Phi) is 22.6. The third kappa shape index (κ3) is 24.4. The maximum atomic E-state index is 11.9. The van der Waals surface area contributed by atoms with Gasteiger partial charge in [0.15, 0.2) is 0 Å². The van der Waals surface area contributed by atoms with E-state index in [0.29, 0.717) is 49.7 Å². The molecule has 0 aromatic heterocycles. The average Bonchev–Trinajstić information content (AvgIpc) is 2.80. The number of esters is 2. The molecular formula is C31H60O4. The number of ether oxygens (including phenoxy) is 2. The smallest absolute Gasteiger partial charge is 0.305 e. The van der Waals surface area contributed by atoms with E-state index >= 15 is 0 Å². The molecule has 0 saturated heterocycles. The molecule has 4 heteroatoms. The maximum absolute atomic E-state index is 11.9. The summed E-state index contributed by atoms with van der Waals surface area (Å²) in [5.74, 6) is 2.06. The van der Waals surface area contributed by atoms with E-state index in [2.05, 4.69) is 41.5 Å². The van der Waals surface area contributed by atoms with Crippen molar-refractivity contribution >= 4 is 11.9 Å². The molecule has 35 heavy (non-hydrogen) atoms. The van der Waals surface area contributed by atoms with Gasteiger partial charge in [0, 0.05) is 12.8 Å². The first-order valence-electron chi connectivity index (χ1n) is 15.0. The molecule has 0 aliphatic carbocycles. The maximum Gasteiger partial charge on any atom is 0.305 e. The van der Waals surface area contributed by atoms with Crippen LogP contribution in [-0.4, -0.2) is 25.2 Å². The van der Waals surface area contributed by atoms with Crippen molar-refractivity contribution in [3.05, 3.63) is 0 Å². The van der Waals surface area contributed by atoms with Gasteiger partial charge >= 0.3 is 11.9 Å². The third-order valence-electron chi connectivity index (χ3n) is 6.77. The fourth-order valence-corrected chi connectivity index (χ4v) is 4.40. The highest BCUT2D eigenvalue weighted by atomic mass is 16.5. The van der Waals surface area contributed by atoms with Crippen LogP contribution in [0, 0.1) is 23.7 Å². The number of carbonyl (C=O) groups is 2. The van der Waals surface area contributed by atoms with Crippen molar-refractivity contribution in [2.45, 2.75) is 151 Å². The average molecular weight is 497 g/mol. The lowest BCUT2D eigenvalue weighted by Gasteiger charge is -2.20. The van der Waals surface area contributed by atoms with Gasteiger partial charge in [0.1, 0.15) is 0 Å². The summed E-state index contributed by atoms with van der Waals surface area (Å²) in [4.78, 5) is 23.5.